The Morgan fingerprint density at radius 1 is 0.895 bits per heavy atom. The molecule has 3 heterocycles. The number of hydrogen-bond acceptors (Lipinski definition) is 3. The van der Waals surface area contributed by atoms with Gasteiger partial charge in [0.1, 0.15) is 0 Å². The van der Waals surface area contributed by atoms with Crippen molar-refractivity contribution in [2.75, 3.05) is 6.54 Å². The predicted octanol–water partition coefficient (Wildman–Crippen LogP) is 7.45. The van der Waals surface area contributed by atoms with E-state index in [-0.39, 0.29) is 6.10 Å². The molecule has 1 aromatic heterocycles. The fraction of sp³-hybridized carbons (Fsp3) is 0.281. The highest BCUT2D eigenvalue weighted by Crippen LogP contribution is 2.40. The molecular weight excluding hydrogens is 485 g/mol. The van der Waals surface area contributed by atoms with Gasteiger partial charge in [-0.2, -0.15) is 13.2 Å². The molecule has 6 heteroatoms. The van der Waals surface area contributed by atoms with E-state index in [9.17, 15) is 13.2 Å². The van der Waals surface area contributed by atoms with Gasteiger partial charge in [-0.15, -0.1) is 0 Å². The van der Waals surface area contributed by atoms with E-state index < -0.39 is 11.7 Å². The summed E-state index contributed by atoms with van der Waals surface area (Å²) in [7, 11) is 0. The highest BCUT2D eigenvalue weighted by atomic mass is 19.4. The van der Waals surface area contributed by atoms with Crippen LogP contribution in [0.25, 0.3) is 11.3 Å². The molecule has 0 saturated heterocycles. The lowest BCUT2D eigenvalue weighted by Crippen LogP contribution is -2.33. The number of alkyl halides is 3. The van der Waals surface area contributed by atoms with Gasteiger partial charge in [0.15, 0.2) is 0 Å². The van der Waals surface area contributed by atoms with Crippen molar-refractivity contribution in [1.82, 2.24) is 9.88 Å². The van der Waals surface area contributed by atoms with Crippen LogP contribution >= 0.6 is 0 Å². The van der Waals surface area contributed by atoms with Crippen molar-refractivity contribution in [1.29, 1.82) is 0 Å². The molecule has 4 aromatic rings. The summed E-state index contributed by atoms with van der Waals surface area (Å²) in [6.45, 7) is 4.76. The van der Waals surface area contributed by atoms with Crippen molar-refractivity contribution in [2.24, 2.45) is 0 Å². The molecule has 0 spiro atoms. The molecule has 0 saturated carbocycles. The Morgan fingerprint density at radius 2 is 1.63 bits per heavy atom. The molecule has 0 N–H and O–H groups in total. The van der Waals surface area contributed by atoms with E-state index in [2.05, 4.69) is 48.2 Å². The van der Waals surface area contributed by atoms with Crippen molar-refractivity contribution in [3.63, 3.8) is 0 Å². The Labute approximate surface area is 220 Å². The van der Waals surface area contributed by atoms with E-state index in [1.807, 2.05) is 18.2 Å². The molecule has 0 unspecified atom stereocenters. The van der Waals surface area contributed by atoms with Gasteiger partial charge in [0.2, 0.25) is 0 Å². The number of fused-ring (bicyclic) bond motifs is 3. The lowest BCUT2D eigenvalue weighted by Gasteiger charge is -2.35. The van der Waals surface area contributed by atoms with Crippen LogP contribution in [-0.2, 0) is 43.5 Å². The molecule has 0 radical (unpaired) electrons. The third-order valence-electron chi connectivity index (χ3n) is 7.73. The monoisotopic (exact) mass is 514 g/mol. The van der Waals surface area contributed by atoms with Crippen LogP contribution in [0.5, 0.6) is 0 Å². The van der Waals surface area contributed by atoms with E-state index in [1.54, 1.807) is 12.1 Å². The summed E-state index contributed by atoms with van der Waals surface area (Å²) < 4.78 is 45.4. The zero-order valence-corrected chi connectivity index (χ0v) is 21.3. The summed E-state index contributed by atoms with van der Waals surface area (Å²) >= 11 is 0. The van der Waals surface area contributed by atoms with Gasteiger partial charge in [0, 0.05) is 43.7 Å². The minimum Gasteiger partial charge on any atom is -0.368 e. The number of nitrogens with zero attached hydrogens (tertiary/aromatic N) is 2. The minimum absolute atomic E-state index is 0.0295. The molecule has 3 aromatic carbocycles. The van der Waals surface area contributed by atoms with Crippen LogP contribution in [0.4, 0.5) is 13.2 Å². The second kappa shape index (κ2) is 10.0. The van der Waals surface area contributed by atoms with E-state index in [4.69, 9.17) is 9.72 Å². The van der Waals surface area contributed by atoms with Crippen LogP contribution in [0.2, 0.25) is 0 Å². The highest BCUT2D eigenvalue weighted by Gasteiger charge is 2.32. The summed E-state index contributed by atoms with van der Waals surface area (Å²) in [6.07, 6.45) is -2.80. The second-order valence-electron chi connectivity index (χ2n) is 10.2. The van der Waals surface area contributed by atoms with Gasteiger partial charge in [0.05, 0.1) is 24.0 Å². The van der Waals surface area contributed by atoms with Gasteiger partial charge >= 0.3 is 6.18 Å². The quantitative estimate of drug-likeness (QED) is 0.283. The molecule has 38 heavy (non-hydrogen) atoms. The van der Waals surface area contributed by atoms with Crippen LogP contribution in [0.1, 0.15) is 50.7 Å². The molecule has 6 rings (SSSR count). The maximum Gasteiger partial charge on any atom is 0.416 e. The molecule has 1 atom stereocenters. The maximum atomic E-state index is 13.0. The predicted molar refractivity (Wildman–Crippen MR) is 141 cm³/mol. The van der Waals surface area contributed by atoms with Gasteiger partial charge in [-0.3, -0.25) is 9.88 Å². The van der Waals surface area contributed by atoms with Crippen LogP contribution in [0, 0.1) is 6.92 Å². The number of aryl methyl sites for hydroxylation is 1. The van der Waals surface area contributed by atoms with Gasteiger partial charge in [-0.25, -0.2) is 0 Å². The Bertz CT molecular complexity index is 1450. The first-order valence-corrected chi connectivity index (χ1v) is 13.0. The number of hydrogen-bond donors (Lipinski definition) is 0. The smallest absolute Gasteiger partial charge is 0.368 e. The van der Waals surface area contributed by atoms with Crippen molar-refractivity contribution in [3.8, 4) is 11.3 Å². The zero-order chi connectivity index (χ0) is 26.3. The van der Waals surface area contributed by atoms with Crippen LogP contribution in [0.3, 0.4) is 0 Å². The van der Waals surface area contributed by atoms with E-state index in [0.29, 0.717) is 19.7 Å². The van der Waals surface area contributed by atoms with Crippen LogP contribution in [-0.4, -0.2) is 16.4 Å². The Hall–Kier alpha value is -3.48. The van der Waals surface area contributed by atoms with Crippen LogP contribution < -0.4 is 0 Å². The molecule has 0 bridgehead atoms. The topological polar surface area (TPSA) is 25.4 Å². The Balaban J connectivity index is 1.34. The molecular formula is C32H29F3N2O. The highest BCUT2D eigenvalue weighted by molar-refractivity contribution is 5.70. The zero-order valence-electron chi connectivity index (χ0n) is 21.3. The van der Waals surface area contributed by atoms with Crippen LogP contribution in [0.15, 0.2) is 78.9 Å². The lowest BCUT2D eigenvalue weighted by molar-refractivity contribution is -0.137. The SMILES string of the molecule is Cc1ccccc1-c1nc2c(c3c1C[C@H](c1ccccc1)OC3)CN(Cc1ccc(C(F)(F)F)cc1)CC2. The van der Waals surface area contributed by atoms with Gasteiger partial charge in [-0.05, 0) is 52.4 Å². The summed E-state index contributed by atoms with van der Waals surface area (Å²) in [5.41, 5.74) is 9.61. The van der Waals surface area contributed by atoms with Gasteiger partial charge in [-0.1, -0.05) is 66.7 Å². The molecule has 0 fully saturated rings. The molecule has 2 aliphatic heterocycles. The van der Waals surface area contributed by atoms with Crippen molar-refractivity contribution >= 4 is 0 Å². The van der Waals surface area contributed by atoms with Gasteiger partial charge in [0.25, 0.3) is 0 Å². The first-order valence-electron chi connectivity index (χ1n) is 13.0. The third-order valence-corrected chi connectivity index (χ3v) is 7.73. The second-order valence-corrected chi connectivity index (χ2v) is 10.2. The number of pyridine rings is 1. The average molecular weight is 515 g/mol. The summed E-state index contributed by atoms with van der Waals surface area (Å²) in [6, 6.07) is 24.2. The Morgan fingerprint density at radius 3 is 2.37 bits per heavy atom. The van der Waals surface area contributed by atoms with Crippen molar-refractivity contribution < 1.29 is 17.9 Å². The first kappa shape index (κ1) is 24.8. The number of rotatable bonds is 4. The van der Waals surface area contributed by atoms with E-state index in [0.717, 1.165) is 47.5 Å². The molecule has 0 aliphatic carbocycles. The molecule has 3 nitrogen and oxygen atoms in total. The van der Waals surface area contributed by atoms with Crippen molar-refractivity contribution in [2.45, 2.75) is 51.7 Å². The Kier molecular flexibility index (Phi) is 6.54. The summed E-state index contributed by atoms with van der Waals surface area (Å²) in [4.78, 5) is 7.55. The summed E-state index contributed by atoms with van der Waals surface area (Å²) in [5.74, 6) is 0. The fourth-order valence-corrected chi connectivity index (χ4v) is 5.69. The molecule has 0 amide bonds. The first-order chi connectivity index (χ1) is 18.4. The lowest BCUT2D eigenvalue weighted by atomic mass is 9.86. The number of ether oxygens (including phenoxy) is 1. The van der Waals surface area contributed by atoms with Crippen molar-refractivity contribution in [3.05, 3.63) is 124 Å². The van der Waals surface area contributed by atoms with E-state index in [1.165, 1.54) is 34.4 Å². The van der Waals surface area contributed by atoms with Gasteiger partial charge < -0.3 is 4.74 Å². The number of benzene rings is 3. The third kappa shape index (κ3) is 4.86. The standard InChI is InChI=1S/C32H29F3N2O/c1-21-7-5-6-10-25(21)31-26-17-30(23-8-3-2-4-9-23)38-20-28(26)27-19-37(16-15-29(27)36-31)18-22-11-13-24(14-12-22)32(33,34)35/h2-14,30H,15-20H2,1H3/t30-/m1/s1. The normalized spacial score (nSPS) is 17.6. The summed E-state index contributed by atoms with van der Waals surface area (Å²) in [5, 5.41) is 0. The number of halogens is 3. The average Bonchev–Trinajstić information content (AvgIpc) is 2.93. The molecule has 194 valence electrons. The van der Waals surface area contributed by atoms with E-state index >= 15 is 0 Å². The fourth-order valence-electron chi connectivity index (χ4n) is 5.69. The largest absolute Gasteiger partial charge is 0.416 e. The molecule has 2 aliphatic rings. The maximum absolute atomic E-state index is 13.0. The number of aromatic nitrogens is 1. The minimum atomic E-state index is -4.32.